The zero-order valence-corrected chi connectivity index (χ0v) is 10.8. The van der Waals surface area contributed by atoms with Gasteiger partial charge < -0.3 is 4.57 Å². The van der Waals surface area contributed by atoms with Gasteiger partial charge in [0.25, 0.3) is 5.69 Å². The molecule has 2 aromatic rings. The van der Waals surface area contributed by atoms with E-state index in [2.05, 4.69) is 6.07 Å². The number of aryl methyl sites for hydroxylation is 2. The first-order valence-corrected chi connectivity index (χ1v) is 5.83. The van der Waals surface area contributed by atoms with Crippen molar-refractivity contribution in [3.05, 3.63) is 63.0 Å². The number of nitriles is 1. The smallest absolute Gasteiger partial charge is 0.269 e. The molecule has 5 heteroatoms. The summed E-state index contributed by atoms with van der Waals surface area (Å²) in [6, 6.07) is 10.5. The van der Waals surface area contributed by atoms with Crippen LogP contribution in [0.3, 0.4) is 0 Å². The van der Waals surface area contributed by atoms with Crippen LogP contribution in [0.1, 0.15) is 22.5 Å². The number of aromatic nitrogens is 1. The second-order valence-electron chi connectivity index (χ2n) is 4.44. The largest absolute Gasteiger partial charge is 0.332 e. The van der Waals surface area contributed by atoms with E-state index in [1.807, 2.05) is 24.5 Å². The first kappa shape index (κ1) is 12.8. The number of hydrogen-bond donors (Lipinski definition) is 0. The fourth-order valence-corrected chi connectivity index (χ4v) is 2.11. The van der Waals surface area contributed by atoms with Crippen LogP contribution in [0.25, 0.3) is 0 Å². The zero-order valence-electron chi connectivity index (χ0n) is 10.8. The van der Waals surface area contributed by atoms with Gasteiger partial charge in [0, 0.05) is 24.4 Å². The number of non-ortho nitro benzene ring substituents is 1. The highest BCUT2D eigenvalue weighted by Gasteiger charge is 2.10. The van der Waals surface area contributed by atoms with Crippen LogP contribution in [0.4, 0.5) is 5.69 Å². The fourth-order valence-electron chi connectivity index (χ4n) is 2.11. The molecule has 0 atom stereocenters. The molecule has 0 radical (unpaired) electrons. The maximum absolute atomic E-state index is 10.6. The molecule has 1 heterocycles. The maximum Gasteiger partial charge on any atom is 0.269 e. The maximum atomic E-state index is 10.6. The van der Waals surface area contributed by atoms with Crippen molar-refractivity contribution in [3.8, 4) is 6.07 Å². The average molecular weight is 255 g/mol. The highest BCUT2D eigenvalue weighted by molar-refractivity contribution is 5.38. The van der Waals surface area contributed by atoms with Crippen LogP contribution in [0.5, 0.6) is 0 Å². The molecule has 0 aliphatic carbocycles. The summed E-state index contributed by atoms with van der Waals surface area (Å²) in [6.07, 6.45) is 0. The van der Waals surface area contributed by atoms with E-state index in [9.17, 15) is 10.1 Å². The van der Waals surface area contributed by atoms with Gasteiger partial charge in [-0.1, -0.05) is 12.1 Å². The van der Waals surface area contributed by atoms with Crippen LogP contribution in [-0.2, 0) is 6.54 Å². The van der Waals surface area contributed by atoms with Crippen molar-refractivity contribution in [2.24, 2.45) is 0 Å². The molecule has 96 valence electrons. The SMILES string of the molecule is Cc1cc(C)n(Cc2ccc([N+](=O)[O-])cc2)c1C#N. The molecule has 19 heavy (non-hydrogen) atoms. The molecule has 1 aromatic heterocycles. The first-order chi connectivity index (χ1) is 9.02. The van der Waals surface area contributed by atoms with E-state index in [0.29, 0.717) is 12.2 Å². The molecule has 1 aromatic carbocycles. The summed E-state index contributed by atoms with van der Waals surface area (Å²) in [5, 5.41) is 19.7. The minimum Gasteiger partial charge on any atom is -0.332 e. The van der Waals surface area contributed by atoms with Gasteiger partial charge in [-0.25, -0.2) is 0 Å². The highest BCUT2D eigenvalue weighted by Crippen LogP contribution is 2.18. The standard InChI is InChI=1S/C14H13N3O2/c1-10-7-11(2)16(14(10)8-15)9-12-3-5-13(6-4-12)17(18)19/h3-7H,9H2,1-2H3. The summed E-state index contributed by atoms with van der Waals surface area (Å²) in [4.78, 5) is 10.2. The molecule has 0 bridgehead atoms. The molecule has 0 aliphatic rings. The van der Waals surface area contributed by atoms with Gasteiger partial charge in [0.1, 0.15) is 11.8 Å². The van der Waals surface area contributed by atoms with Crippen molar-refractivity contribution in [2.45, 2.75) is 20.4 Å². The molecular formula is C14H13N3O2. The number of benzene rings is 1. The Bertz CT molecular complexity index is 663. The molecule has 0 aliphatic heterocycles. The van der Waals surface area contributed by atoms with Crippen LogP contribution in [0, 0.1) is 35.3 Å². The third-order valence-corrected chi connectivity index (χ3v) is 3.09. The van der Waals surface area contributed by atoms with Gasteiger partial charge in [0.15, 0.2) is 0 Å². The number of rotatable bonds is 3. The van der Waals surface area contributed by atoms with Gasteiger partial charge in [-0.15, -0.1) is 0 Å². The van der Waals surface area contributed by atoms with E-state index < -0.39 is 4.92 Å². The second-order valence-corrected chi connectivity index (χ2v) is 4.44. The van der Waals surface area contributed by atoms with E-state index in [1.165, 1.54) is 12.1 Å². The number of hydrogen-bond acceptors (Lipinski definition) is 3. The quantitative estimate of drug-likeness (QED) is 0.625. The topological polar surface area (TPSA) is 71.9 Å². The third kappa shape index (κ3) is 2.47. The molecule has 0 unspecified atom stereocenters. The van der Waals surface area contributed by atoms with E-state index in [4.69, 9.17) is 5.26 Å². The molecule has 5 nitrogen and oxygen atoms in total. The lowest BCUT2D eigenvalue weighted by molar-refractivity contribution is -0.384. The summed E-state index contributed by atoms with van der Waals surface area (Å²) in [6.45, 7) is 4.39. The van der Waals surface area contributed by atoms with Crippen molar-refractivity contribution < 1.29 is 4.92 Å². The molecule has 0 fully saturated rings. The zero-order chi connectivity index (χ0) is 14.0. The minimum atomic E-state index is -0.421. The fraction of sp³-hybridized carbons (Fsp3) is 0.214. The molecule has 0 saturated heterocycles. The molecule has 2 rings (SSSR count). The second kappa shape index (κ2) is 4.94. The summed E-state index contributed by atoms with van der Waals surface area (Å²) < 4.78 is 1.91. The first-order valence-electron chi connectivity index (χ1n) is 5.83. The van der Waals surface area contributed by atoms with Crippen LogP contribution in [-0.4, -0.2) is 9.49 Å². The summed E-state index contributed by atoms with van der Waals surface area (Å²) in [5.74, 6) is 0. The van der Waals surface area contributed by atoms with Gasteiger partial charge >= 0.3 is 0 Å². The molecule has 0 amide bonds. The predicted molar refractivity (Wildman–Crippen MR) is 70.8 cm³/mol. The predicted octanol–water partition coefficient (Wildman–Crippen LogP) is 2.93. The van der Waals surface area contributed by atoms with Crippen LogP contribution >= 0.6 is 0 Å². The van der Waals surface area contributed by atoms with E-state index in [-0.39, 0.29) is 5.69 Å². The lowest BCUT2D eigenvalue weighted by Gasteiger charge is -2.08. The normalized spacial score (nSPS) is 10.2. The van der Waals surface area contributed by atoms with Crippen LogP contribution in [0.15, 0.2) is 30.3 Å². The molecular weight excluding hydrogens is 242 g/mol. The number of nitrogens with zero attached hydrogens (tertiary/aromatic N) is 3. The van der Waals surface area contributed by atoms with E-state index >= 15 is 0 Å². The highest BCUT2D eigenvalue weighted by atomic mass is 16.6. The number of nitro benzene ring substituents is 1. The Labute approximate surface area is 110 Å². The van der Waals surface area contributed by atoms with Gasteiger partial charge in [-0.05, 0) is 31.0 Å². The van der Waals surface area contributed by atoms with Gasteiger partial charge in [-0.3, -0.25) is 10.1 Å². The van der Waals surface area contributed by atoms with Gasteiger partial charge in [-0.2, -0.15) is 5.26 Å². The monoisotopic (exact) mass is 255 g/mol. The molecule has 0 N–H and O–H groups in total. The lowest BCUT2D eigenvalue weighted by atomic mass is 10.2. The van der Waals surface area contributed by atoms with Crippen LogP contribution < -0.4 is 0 Å². The van der Waals surface area contributed by atoms with E-state index in [1.54, 1.807) is 12.1 Å². The van der Waals surface area contributed by atoms with Gasteiger partial charge in [0.2, 0.25) is 0 Å². The molecule has 0 saturated carbocycles. The van der Waals surface area contributed by atoms with Crippen LogP contribution in [0.2, 0.25) is 0 Å². The Morgan fingerprint density at radius 1 is 1.32 bits per heavy atom. The number of nitro groups is 1. The van der Waals surface area contributed by atoms with E-state index in [0.717, 1.165) is 16.8 Å². The summed E-state index contributed by atoms with van der Waals surface area (Å²) >= 11 is 0. The lowest BCUT2D eigenvalue weighted by Crippen LogP contribution is -2.04. The Morgan fingerprint density at radius 3 is 2.47 bits per heavy atom. The average Bonchev–Trinajstić information content (AvgIpc) is 2.64. The Hall–Kier alpha value is -2.61. The Morgan fingerprint density at radius 2 is 1.95 bits per heavy atom. The minimum absolute atomic E-state index is 0.0738. The van der Waals surface area contributed by atoms with Crippen molar-refractivity contribution in [2.75, 3.05) is 0 Å². The van der Waals surface area contributed by atoms with Crippen molar-refractivity contribution in [3.63, 3.8) is 0 Å². The van der Waals surface area contributed by atoms with Crippen molar-refractivity contribution >= 4 is 5.69 Å². The summed E-state index contributed by atoms with van der Waals surface area (Å²) in [7, 11) is 0. The third-order valence-electron chi connectivity index (χ3n) is 3.09. The van der Waals surface area contributed by atoms with Gasteiger partial charge in [0.05, 0.1) is 4.92 Å². The Balaban J connectivity index is 2.32. The molecule has 0 spiro atoms. The van der Waals surface area contributed by atoms with Crippen molar-refractivity contribution in [1.82, 2.24) is 4.57 Å². The summed E-state index contributed by atoms with van der Waals surface area (Å²) in [5.41, 5.74) is 3.59. The van der Waals surface area contributed by atoms with Crippen molar-refractivity contribution in [1.29, 1.82) is 5.26 Å². The Kier molecular flexibility index (Phi) is 3.34.